The molecule has 0 radical (unpaired) electrons. The number of aromatic nitrogens is 2. The highest BCUT2D eigenvalue weighted by Gasteiger charge is 2.48. The van der Waals surface area contributed by atoms with Crippen LogP contribution in [-0.4, -0.2) is 53.6 Å². The van der Waals surface area contributed by atoms with Crippen molar-refractivity contribution in [1.29, 1.82) is 0 Å². The SMILES string of the molecule is COC(=O)c1sc(N2C(=O)C(=O)C(=C(O)c3ccncc3)C2c2ccc(OCCC(C)C)c(OC)c2)nc1C. The van der Waals surface area contributed by atoms with Crippen molar-refractivity contribution >= 4 is 39.9 Å². The molecule has 2 aromatic heterocycles. The predicted molar refractivity (Wildman–Crippen MR) is 145 cm³/mol. The molecule has 204 valence electrons. The third kappa shape index (κ3) is 5.49. The Morgan fingerprint density at radius 2 is 1.85 bits per heavy atom. The van der Waals surface area contributed by atoms with Crippen LogP contribution < -0.4 is 14.4 Å². The monoisotopic (exact) mass is 551 g/mol. The van der Waals surface area contributed by atoms with Gasteiger partial charge in [0.05, 0.1) is 38.1 Å². The van der Waals surface area contributed by atoms with Crippen molar-refractivity contribution in [3.05, 3.63) is 70.0 Å². The molecule has 3 aromatic rings. The average molecular weight is 552 g/mol. The van der Waals surface area contributed by atoms with Crippen molar-refractivity contribution in [2.24, 2.45) is 5.92 Å². The lowest BCUT2D eigenvalue weighted by Crippen LogP contribution is -2.29. The zero-order valence-electron chi connectivity index (χ0n) is 22.3. The van der Waals surface area contributed by atoms with Crippen LogP contribution in [0.15, 0.2) is 48.3 Å². The lowest BCUT2D eigenvalue weighted by atomic mass is 9.95. The molecule has 39 heavy (non-hydrogen) atoms. The number of Topliss-reactive ketones (excluding diaryl/α,β-unsaturated/α-hetero) is 1. The number of rotatable bonds is 9. The number of amides is 1. The maximum atomic E-state index is 13.4. The van der Waals surface area contributed by atoms with Gasteiger partial charge in [-0.15, -0.1) is 0 Å². The molecule has 1 saturated heterocycles. The number of aryl methyl sites for hydroxylation is 1. The summed E-state index contributed by atoms with van der Waals surface area (Å²) < 4.78 is 16.3. The van der Waals surface area contributed by atoms with E-state index in [0.29, 0.717) is 40.8 Å². The van der Waals surface area contributed by atoms with Gasteiger partial charge in [-0.3, -0.25) is 19.5 Å². The third-order valence-electron chi connectivity index (χ3n) is 6.22. The highest BCUT2D eigenvalue weighted by Crippen LogP contribution is 2.45. The van der Waals surface area contributed by atoms with E-state index < -0.39 is 23.7 Å². The first kappa shape index (κ1) is 27.8. The molecule has 1 amide bonds. The number of hydrogen-bond donors (Lipinski definition) is 1. The molecule has 1 fully saturated rings. The summed E-state index contributed by atoms with van der Waals surface area (Å²) >= 11 is 0.927. The van der Waals surface area contributed by atoms with Crippen LogP contribution >= 0.6 is 11.3 Å². The lowest BCUT2D eigenvalue weighted by Gasteiger charge is -2.24. The van der Waals surface area contributed by atoms with Gasteiger partial charge in [-0.2, -0.15) is 0 Å². The van der Waals surface area contributed by atoms with Crippen molar-refractivity contribution in [3.63, 3.8) is 0 Å². The maximum Gasteiger partial charge on any atom is 0.350 e. The van der Waals surface area contributed by atoms with Crippen LogP contribution in [0.25, 0.3) is 5.76 Å². The van der Waals surface area contributed by atoms with Crippen LogP contribution in [0.5, 0.6) is 11.5 Å². The fourth-order valence-electron chi connectivity index (χ4n) is 4.16. The van der Waals surface area contributed by atoms with Crippen LogP contribution in [0.1, 0.15) is 52.8 Å². The Balaban J connectivity index is 1.88. The largest absolute Gasteiger partial charge is 0.507 e. The normalized spacial score (nSPS) is 16.6. The minimum atomic E-state index is -1.06. The number of ketones is 1. The Kier molecular flexibility index (Phi) is 8.29. The molecule has 0 saturated carbocycles. The molecule has 0 bridgehead atoms. The second kappa shape index (κ2) is 11.6. The van der Waals surface area contributed by atoms with E-state index in [0.717, 1.165) is 17.8 Å². The minimum Gasteiger partial charge on any atom is -0.507 e. The van der Waals surface area contributed by atoms with Crippen LogP contribution in [0.4, 0.5) is 5.13 Å². The molecule has 3 heterocycles. The minimum absolute atomic E-state index is 0.116. The van der Waals surface area contributed by atoms with Gasteiger partial charge in [-0.05, 0) is 49.1 Å². The summed E-state index contributed by atoms with van der Waals surface area (Å²) in [7, 11) is 2.74. The van der Waals surface area contributed by atoms with E-state index in [2.05, 4.69) is 23.8 Å². The molecule has 1 aliphatic heterocycles. The molecule has 1 aromatic carbocycles. The number of aliphatic hydroxyl groups is 1. The van der Waals surface area contributed by atoms with Gasteiger partial charge in [0.2, 0.25) is 0 Å². The van der Waals surface area contributed by atoms with Crippen molar-refractivity contribution in [2.75, 3.05) is 25.7 Å². The molecule has 1 aliphatic rings. The van der Waals surface area contributed by atoms with E-state index in [1.165, 1.54) is 43.6 Å². The van der Waals surface area contributed by atoms with Gasteiger partial charge in [0.1, 0.15) is 10.6 Å². The van der Waals surface area contributed by atoms with E-state index >= 15 is 0 Å². The number of aliphatic hydroxyl groups excluding tert-OH is 1. The number of esters is 1. The Bertz CT molecular complexity index is 1430. The first-order valence-electron chi connectivity index (χ1n) is 12.3. The third-order valence-corrected chi connectivity index (χ3v) is 7.35. The number of carbonyl (C=O) groups is 3. The molecular weight excluding hydrogens is 522 g/mol. The van der Waals surface area contributed by atoms with Crippen molar-refractivity contribution in [1.82, 2.24) is 9.97 Å². The summed E-state index contributed by atoms with van der Waals surface area (Å²) in [6.45, 7) is 6.30. The van der Waals surface area contributed by atoms with Crippen molar-refractivity contribution < 1.29 is 33.7 Å². The fraction of sp³-hybridized carbons (Fsp3) is 0.321. The van der Waals surface area contributed by atoms with E-state index in [4.69, 9.17) is 14.2 Å². The molecule has 1 unspecified atom stereocenters. The molecule has 1 atom stereocenters. The molecule has 1 N–H and O–H groups in total. The van der Waals surface area contributed by atoms with Crippen molar-refractivity contribution in [3.8, 4) is 11.5 Å². The summed E-state index contributed by atoms with van der Waals surface area (Å²) in [6, 6.07) is 7.08. The number of thiazole rings is 1. The summed E-state index contributed by atoms with van der Waals surface area (Å²) in [5.41, 5.74) is 1.02. The van der Waals surface area contributed by atoms with Gasteiger partial charge in [0.25, 0.3) is 5.78 Å². The van der Waals surface area contributed by atoms with E-state index in [1.54, 1.807) is 25.1 Å². The van der Waals surface area contributed by atoms with Crippen LogP contribution in [0.2, 0.25) is 0 Å². The number of pyridine rings is 1. The topological polar surface area (TPSA) is 128 Å². The van der Waals surface area contributed by atoms with Crippen LogP contribution in [0.3, 0.4) is 0 Å². The number of anilines is 1. The quantitative estimate of drug-likeness (QED) is 0.174. The molecular formula is C28H29N3O7S. The zero-order chi connectivity index (χ0) is 28.3. The number of ether oxygens (including phenoxy) is 3. The number of nitrogens with zero attached hydrogens (tertiary/aromatic N) is 3. The number of carbonyl (C=O) groups excluding carboxylic acids is 3. The molecule has 0 spiro atoms. The van der Waals surface area contributed by atoms with Gasteiger partial charge >= 0.3 is 11.9 Å². The maximum absolute atomic E-state index is 13.4. The first-order valence-corrected chi connectivity index (χ1v) is 13.1. The highest BCUT2D eigenvalue weighted by molar-refractivity contribution is 7.17. The van der Waals surface area contributed by atoms with Gasteiger partial charge in [-0.1, -0.05) is 31.3 Å². The average Bonchev–Trinajstić information content (AvgIpc) is 3.44. The highest BCUT2D eigenvalue weighted by atomic mass is 32.1. The van der Waals surface area contributed by atoms with Crippen molar-refractivity contribution in [2.45, 2.75) is 33.2 Å². The lowest BCUT2D eigenvalue weighted by molar-refractivity contribution is -0.132. The van der Waals surface area contributed by atoms with Crippen LogP contribution in [0, 0.1) is 12.8 Å². The van der Waals surface area contributed by atoms with Gasteiger partial charge in [0.15, 0.2) is 16.6 Å². The van der Waals surface area contributed by atoms with E-state index in [9.17, 15) is 19.5 Å². The molecule has 11 heteroatoms. The second-order valence-electron chi connectivity index (χ2n) is 9.25. The number of methoxy groups -OCH3 is 2. The van der Waals surface area contributed by atoms with Gasteiger partial charge in [0, 0.05) is 18.0 Å². The Hall–Kier alpha value is -4.25. The standard InChI is InChI=1S/C28H29N3O7S/c1-15(2)10-13-38-19-7-6-18(14-20(19)36-4)22-21(23(32)17-8-11-29-12-9-17)24(33)26(34)31(22)28-30-16(3)25(39-28)27(35)37-5/h6-9,11-12,14-15,22,32H,10,13H2,1-5H3. The first-order chi connectivity index (χ1) is 18.7. The summed E-state index contributed by atoms with van der Waals surface area (Å²) in [6.07, 6.45) is 3.79. The summed E-state index contributed by atoms with van der Waals surface area (Å²) in [5.74, 6) is -1.39. The smallest absolute Gasteiger partial charge is 0.350 e. The van der Waals surface area contributed by atoms with Crippen LogP contribution in [-0.2, 0) is 14.3 Å². The van der Waals surface area contributed by atoms with E-state index in [1.807, 2.05) is 0 Å². The summed E-state index contributed by atoms with van der Waals surface area (Å²) in [5, 5.41) is 11.4. The molecule has 10 nitrogen and oxygen atoms in total. The number of benzene rings is 1. The van der Waals surface area contributed by atoms with E-state index in [-0.39, 0.29) is 21.3 Å². The zero-order valence-corrected chi connectivity index (χ0v) is 23.1. The fourth-order valence-corrected chi connectivity index (χ4v) is 5.17. The second-order valence-corrected chi connectivity index (χ2v) is 10.2. The van der Waals surface area contributed by atoms with Gasteiger partial charge in [-0.25, -0.2) is 9.78 Å². The Labute approximate surface area is 229 Å². The number of hydrogen-bond acceptors (Lipinski definition) is 10. The predicted octanol–water partition coefficient (Wildman–Crippen LogP) is 4.69. The Morgan fingerprint density at radius 1 is 1.13 bits per heavy atom. The van der Waals surface area contributed by atoms with Gasteiger partial charge < -0.3 is 19.3 Å². The molecule has 4 rings (SSSR count). The summed E-state index contributed by atoms with van der Waals surface area (Å²) in [4.78, 5) is 48.8. The molecule has 0 aliphatic carbocycles. The Morgan fingerprint density at radius 3 is 2.49 bits per heavy atom.